The molecule has 0 radical (unpaired) electrons. The van der Waals surface area contributed by atoms with Crippen molar-refractivity contribution in [3.05, 3.63) is 90.0 Å². The third kappa shape index (κ3) is 5.83. The van der Waals surface area contributed by atoms with Gasteiger partial charge in [-0.3, -0.25) is 14.6 Å². The third-order valence-electron chi connectivity index (χ3n) is 5.45. The highest BCUT2D eigenvalue weighted by atomic mass is 19.1. The van der Waals surface area contributed by atoms with Crippen LogP contribution in [0.3, 0.4) is 0 Å². The molecule has 7 heteroatoms. The minimum Gasteiger partial charge on any atom is -0.356 e. The number of nitrogens with one attached hydrogen (secondary N) is 3. The molecule has 33 heavy (non-hydrogen) atoms. The first kappa shape index (κ1) is 22.2. The second-order valence-corrected chi connectivity index (χ2v) is 7.77. The van der Waals surface area contributed by atoms with Crippen LogP contribution in [-0.4, -0.2) is 28.3 Å². The summed E-state index contributed by atoms with van der Waals surface area (Å²) in [6.45, 7) is 0.684. The lowest BCUT2D eigenvalue weighted by Gasteiger charge is -2.08. The number of hydrogen-bond acceptors (Lipinski definition) is 3. The van der Waals surface area contributed by atoms with Crippen LogP contribution in [0.1, 0.15) is 24.0 Å². The Balaban J connectivity index is 1.33. The molecule has 0 aliphatic carbocycles. The summed E-state index contributed by atoms with van der Waals surface area (Å²) >= 11 is 0. The molecule has 6 nitrogen and oxygen atoms in total. The molecule has 0 saturated carbocycles. The number of nitrogens with zero attached hydrogens (tertiary/aromatic N) is 1. The molecular weight excluding hydrogens is 419 g/mol. The fourth-order valence-corrected chi connectivity index (χ4v) is 3.76. The van der Waals surface area contributed by atoms with Crippen LogP contribution in [0.5, 0.6) is 0 Å². The number of benzene rings is 2. The van der Waals surface area contributed by atoms with Gasteiger partial charge in [-0.15, -0.1) is 0 Å². The number of pyridine rings is 1. The molecule has 2 aromatic carbocycles. The van der Waals surface area contributed by atoms with Crippen molar-refractivity contribution >= 4 is 22.7 Å². The molecule has 0 aliphatic rings. The Hall–Kier alpha value is -4.00. The van der Waals surface area contributed by atoms with Crippen LogP contribution >= 0.6 is 0 Å². The van der Waals surface area contributed by atoms with Gasteiger partial charge < -0.3 is 15.6 Å². The van der Waals surface area contributed by atoms with Gasteiger partial charge in [0.25, 0.3) is 0 Å². The maximum absolute atomic E-state index is 13.9. The normalized spacial score (nSPS) is 10.8. The summed E-state index contributed by atoms with van der Waals surface area (Å²) in [6, 6.07) is 18.1. The number of aromatic amines is 1. The summed E-state index contributed by atoms with van der Waals surface area (Å²) in [5.41, 5.74) is 4.57. The fraction of sp³-hybridized carbons (Fsp3) is 0.192. The minimum absolute atomic E-state index is 0.134. The maximum Gasteiger partial charge on any atom is 0.222 e. The van der Waals surface area contributed by atoms with E-state index >= 15 is 0 Å². The maximum atomic E-state index is 13.9. The van der Waals surface area contributed by atoms with Crippen LogP contribution in [0.25, 0.3) is 22.2 Å². The van der Waals surface area contributed by atoms with Crippen LogP contribution in [0.15, 0.2) is 73.1 Å². The van der Waals surface area contributed by atoms with Crippen molar-refractivity contribution in [2.24, 2.45) is 0 Å². The Morgan fingerprint density at radius 3 is 2.45 bits per heavy atom. The standard InChI is InChI=1S/C26H25FN4O2/c27-20-6-8-23-22(16-20)21(26(31-23)19-4-2-1-3-5-19)7-9-24(32)29-15-12-25(33)30-17-18-10-13-28-14-11-18/h1-6,8,10-11,13-14,16,31H,7,9,12,15,17H2,(H,29,32)(H,30,33). The van der Waals surface area contributed by atoms with Gasteiger partial charge in [0.2, 0.25) is 11.8 Å². The number of aryl methyl sites for hydroxylation is 1. The van der Waals surface area contributed by atoms with Crippen molar-refractivity contribution in [2.75, 3.05) is 6.54 Å². The lowest BCUT2D eigenvalue weighted by molar-refractivity contribution is -0.122. The number of hydrogen-bond donors (Lipinski definition) is 3. The first-order chi connectivity index (χ1) is 16.1. The Kier molecular flexibility index (Phi) is 7.09. The number of H-pyrrole nitrogens is 1. The molecule has 2 amide bonds. The molecule has 2 heterocycles. The predicted octanol–water partition coefficient (Wildman–Crippen LogP) is 4.12. The van der Waals surface area contributed by atoms with Crippen molar-refractivity contribution < 1.29 is 14.0 Å². The van der Waals surface area contributed by atoms with Crippen molar-refractivity contribution in [3.8, 4) is 11.3 Å². The number of carbonyl (C=O) groups excluding carboxylic acids is 2. The Morgan fingerprint density at radius 1 is 0.909 bits per heavy atom. The topological polar surface area (TPSA) is 86.9 Å². The van der Waals surface area contributed by atoms with Crippen molar-refractivity contribution in [2.45, 2.75) is 25.8 Å². The van der Waals surface area contributed by atoms with E-state index in [1.165, 1.54) is 12.1 Å². The summed E-state index contributed by atoms with van der Waals surface area (Å²) in [5.74, 6) is -0.600. The quantitative estimate of drug-likeness (QED) is 0.363. The van der Waals surface area contributed by atoms with E-state index in [9.17, 15) is 14.0 Å². The summed E-state index contributed by atoms with van der Waals surface area (Å²) in [5, 5.41) is 6.39. The SMILES string of the molecule is O=C(CCc1c(-c2ccccc2)[nH]c2ccc(F)cc12)NCCC(=O)NCc1ccncc1. The average Bonchev–Trinajstić information content (AvgIpc) is 3.20. The van der Waals surface area contributed by atoms with Gasteiger partial charge >= 0.3 is 0 Å². The summed E-state index contributed by atoms with van der Waals surface area (Å²) < 4.78 is 13.9. The van der Waals surface area contributed by atoms with Gasteiger partial charge in [0, 0.05) is 54.9 Å². The second kappa shape index (κ2) is 10.5. The van der Waals surface area contributed by atoms with Crippen LogP contribution in [-0.2, 0) is 22.6 Å². The van der Waals surface area contributed by atoms with E-state index in [0.717, 1.165) is 33.3 Å². The third-order valence-corrected chi connectivity index (χ3v) is 5.45. The molecule has 0 saturated heterocycles. The highest BCUT2D eigenvalue weighted by Gasteiger charge is 2.15. The van der Waals surface area contributed by atoms with Crippen LogP contribution in [0.2, 0.25) is 0 Å². The molecule has 0 fully saturated rings. The number of halogens is 1. The van der Waals surface area contributed by atoms with Crippen LogP contribution in [0.4, 0.5) is 4.39 Å². The van der Waals surface area contributed by atoms with Gasteiger partial charge in [0.1, 0.15) is 5.82 Å². The molecule has 4 rings (SSSR count). The zero-order valence-electron chi connectivity index (χ0n) is 18.1. The van der Waals surface area contributed by atoms with E-state index in [1.807, 2.05) is 42.5 Å². The first-order valence-electron chi connectivity index (χ1n) is 10.9. The molecule has 0 bridgehead atoms. The van der Waals surface area contributed by atoms with Gasteiger partial charge in [-0.2, -0.15) is 0 Å². The molecule has 0 unspecified atom stereocenters. The van der Waals surface area contributed by atoms with Crippen molar-refractivity contribution in [1.82, 2.24) is 20.6 Å². The van der Waals surface area contributed by atoms with Crippen LogP contribution in [0, 0.1) is 5.82 Å². The van der Waals surface area contributed by atoms with Gasteiger partial charge in [-0.05, 0) is 53.4 Å². The second-order valence-electron chi connectivity index (χ2n) is 7.77. The fourth-order valence-electron chi connectivity index (χ4n) is 3.76. The molecule has 168 valence electrons. The smallest absolute Gasteiger partial charge is 0.222 e. The van der Waals surface area contributed by atoms with Gasteiger partial charge in [0.15, 0.2) is 0 Å². The zero-order chi connectivity index (χ0) is 23.0. The summed E-state index contributed by atoms with van der Waals surface area (Å²) in [4.78, 5) is 31.7. The molecular formula is C26H25FN4O2. The van der Waals surface area contributed by atoms with E-state index in [-0.39, 0.29) is 37.0 Å². The lowest BCUT2D eigenvalue weighted by Crippen LogP contribution is -2.30. The van der Waals surface area contributed by atoms with Gasteiger partial charge in [-0.1, -0.05) is 30.3 Å². The molecule has 2 aromatic heterocycles. The number of carbonyl (C=O) groups is 2. The summed E-state index contributed by atoms with van der Waals surface area (Å²) in [7, 11) is 0. The van der Waals surface area contributed by atoms with E-state index in [4.69, 9.17) is 0 Å². The first-order valence-corrected chi connectivity index (χ1v) is 10.9. The van der Waals surface area contributed by atoms with E-state index in [1.54, 1.807) is 18.5 Å². The van der Waals surface area contributed by atoms with Gasteiger partial charge in [-0.25, -0.2) is 4.39 Å². The monoisotopic (exact) mass is 444 g/mol. The minimum atomic E-state index is -0.315. The van der Waals surface area contributed by atoms with E-state index in [2.05, 4.69) is 20.6 Å². The molecule has 4 aromatic rings. The highest BCUT2D eigenvalue weighted by molar-refractivity contribution is 5.91. The number of aromatic nitrogens is 2. The number of fused-ring (bicyclic) bond motifs is 1. The Morgan fingerprint density at radius 2 is 1.67 bits per heavy atom. The number of amides is 2. The molecule has 0 spiro atoms. The Labute approximate surface area is 191 Å². The largest absolute Gasteiger partial charge is 0.356 e. The van der Waals surface area contributed by atoms with Gasteiger partial charge in [0.05, 0.1) is 0 Å². The van der Waals surface area contributed by atoms with E-state index in [0.29, 0.717) is 13.0 Å². The Bertz CT molecular complexity index is 1240. The van der Waals surface area contributed by atoms with E-state index < -0.39 is 0 Å². The molecule has 0 aliphatic heterocycles. The highest BCUT2D eigenvalue weighted by Crippen LogP contribution is 2.31. The summed E-state index contributed by atoms with van der Waals surface area (Å²) in [6.07, 6.45) is 4.24. The molecule has 3 N–H and O–H groups in total. The van der Waals surface area contributed by atoms with Crippen molar-refractivity contribution in [3.63, 3.8) is 0 Å². The average molecular weight is 445 g/mol. The van der Waals surface area contributed by atoms with Crippen molar-refractivity contribution in [1.29, 1.82) is 0 Å². The van der Waals surface area contributed by atoms with Crippen LogP contribution < -0.4 is 10.6 Å². The number of rotatable bonds is 9. The molecule has 0 atom stereocenters. The zero-order valence-corrected chi connectivity index (χ0v) is 18.1. The predicted molar refractivity (Wildman–Crippen MR) is 126 cm³/mol. The lowest BCUT2D eigenvalue weighted by atomic mass is 10.0.